The van der Waals surface area contributed by atoms with Gasteiger partial charge in [0.1, 0.15) is 5.69 Å². The fourth-order valence-corrected chi connectivity index (χ4v) is 3.09. The molecule has 1 unspecified atom stereocenters. The topological polar surface area (TPSA) is 77.2 Å². The Morgan fingerprint density at radius 1 is 1.36 bits per heavy atom. The van der Waals surface area contributed by atoms with Crippen LogP contribution in [0.4, 0.5) is 0 Å². The minimum absolute atomic E-state index is 0.0416. The van der Waals surface area contributed by atoms with Crippen molar-refractivity contribution in [3.05, 3.63) is 34.6 Å². The number of pyridine rings is 1. The van der Waals surface area contributed by atoms with Crippen LogP contribution in [0.2, 0.25) is 5.02 Å². The number of ether oxygens (including phenoxy) is 2. The van der Waals surface area contributed by atoms with Crippen molar-refractivity contribution in [1.29, 1.82) is 0 Å². The minimum Gasteiger partial charge on any atom is -0.347 e. The molecule has 0 saturated carbocycles. The van der Waals surface area contributed by atoms with Gasteiger partial charge in [0.25, 0.3) is 0 Å². The maximum Gasteiger partial charge on any atom is 0.240 e. The third-order valence-corrected chi connectivity index (χ3v) is 4.22. The first-order valence-electron chi connectivity index (χ1n) is 8.32. The van der Waals surface area contributed by atoms with E-state index in [9.17, 15) is 4.79 Å². The molecule has 2 aromatic rings. The third kappa shape index (κ3) is 3.53. The molecule has 3 heterocycles. The number of hydrogen-bond acceptors (Lipinski definition) is 5. The number of nitrogens with one attached hydrogen (secondary N) is 1. The smallest absolute Gasteiger partial charge is 0.240 e. The van der Waals surface area contributed by atoms with E-state index in [1.54, 1.807) is 16.8 Å². The van der Waals surface area contributed by atoms with Crippen molar-refractivity contribution in [2.75, 3.05) is 13.2 Å². The fraction of sp³-hybridized carbons (Fsp3) is 0.471. The molecule has 0 aliphatic carbocycles. The van der Waals surface area contributed by atoms with Gasteiger partial charge in [-0.25, -0.2) is 9.94 Å². The lowest BCUT2D eigenvalue weighted by molar-refractivity contribution is -0.142. The lowest BCUT2D eigenvalue weighted by Crippen LogP contribution is -2.32. The zero-order valence-corrected chi connectivity index (χ0v) is 15.2. The zero-order valence-electron chi connectivity index (χ0n) is 14.5. The maximum absolute atomic E-state index is 11.6. The predicted octanol–water partition coefficient (Wildman–Crippen LogP) is 2.92. The molecule has 0 bridgehead atoms. The molecule has 0 radical (unpaired) electrons. The third-order valence-electron chi connectivity index (χ3n) is 4.00. The summed E-state index contributed by atoms with van der Waals surface area (Å²) >= 11 is 6.11. The molecule has 134 valence electrons. The van der Waals surface area contributed by atoms with Crippen LogP contribution in [0.15, 0.2) is 23.4 Å². The average Bonchev–Trinajstić information content (AvgIpc) is 2.93. The highest BCUT2D eigenvalue weighted by atomic mass is 35.5. The first kappa shape index (κ1) is 17.8. The number of nitrogens with zero attached hydrogens (tertiary/aromatic N) is 3. The number of hydrazone groups is 1. The SMILES string of the molecule is CCOC(OCC)c1nn2cc(Cl)ccc2c1C1=NNC(=O)CC1C. The molecule has 2 aromatic heterocycles. The molecule has 8 heteroatoms. The molecule has 7 nitrogen and oxygen atoms in total. The summed E-state index contributed by atoms with van der Waals surface area (Å²) in [4.78, 5) is 11.6. The molecule has 0 saturated heterocycles. The molecule has 1 aliphatic rings. The van der Waals surface area contributed by atoms with Crippen LogP contribution in [0, 0.1) is 5.92 Å². The van der Waals surface area contributed by atoms with Gasteiger partial charge < -0.3 is 9.47 Å². The lowest BCUT2D eigenvalue weighted by atomic mass is 9.93. The molecule has 0 spiro atoms. The Hall–Kier alpha value is -1.96. The summed E-state index contributed by atoms with van der Waals surface area (Å²) in [5, 5.41) is 9.49. The van der Waals surface area contributed by atoms with Crippen molar-refractivity contribution in [2.45, 2.75) is 33.5 Å². The van der Waals surface area contributed by atoms with Crippen LogP contribution < -0.4 is 5.43 Å². The summed E-state index contributed by atoms with van der Waals surface area (Å²) in [7, 11) is 0. The first-order valence-corrected chi connectivity index (χ1v) is 8.70. The van der Waals surface area contributed by atoms with E-state index in [1.807, 2.05) is 26.8 Å². The average molecular weight is 365 g/mol. The van der Waals surface area contributed by atoms with Crippen molar-refractivity contribution in [2.24, 2.45) is 11.0 Å². The van der Waals surface area contributed by atoms with E-state index in [0.717, 1.165) is 16.8 Å². The Morgan fingerprint density at radius 2 is 2.08 bits per heavy atom. The van der Waals surface area contributed by atoms with E-state index >= 15 is 0 Å². The van der Waals surface area contributed by atoms with Crippen LogP contribution in [0.1, 0.15) is 44.7 Å². The van der Waals surface area contributed by atoms with E-state index in [-0.39, 0.29) is 11.8 Å². The summed E-state index contributed by atoms with van der Waals surface area (Å²) in [6.07, 6.45) is 1.49. The second-order valence-corrected chi connectivity index (χ2v) is 6.25. The number of hydrogen-bond donors (Lipinski definition) is 1. The van der Waals surface area contributed by atoms with Gasteiger partial charge in [0.2, 0.25) is 12.2 Å². The van der Waals surface area contributed by atoms with Gasteiger partial charge in [-0.2, -0.15) is 10.2 Å². The van der Waals surface area contributed by atoms with Gasteiger partial charge in [-0.15, -0.1) is 0 Å². The van der Waals surface area contributed by atoms with Crippen molar-refractivity contribution in [1.82, 2.24) is 15.0 Å². The highest BCUT2D eigenvalue weighted by Gasteiger charge is 2.31. The minimum atomic E-state index is -0.615. The first-order chi connectivity index (χ1) is 12.0. The summed E-state index contributed by atoms with van der Waals surface area (Å²) in [6.45, 7) is 6.74. The number of halogens is 1. The molecule has 0 fully saturated rings. The molecule has 1 amide bonds. The lowest BCUT2D eigenvalue weighted by Gasteiger charge is -2.21. The number of aromatic nitrogens is 2. The standard InChI is InChI=1S/C17H21ClN4O3/c1-4-24-17(25-5-2)16-14(15-10(3)8-13(23)19-20-15)12-7-6-11(18)9-22(12)21-16/h6-7,9-10,17H,4-5,8H2,1-3H3,(H,19,23). The monoisotopic (exact) mass is 364 g/mol. The van der Waals surface area contributed by atoms with E-state index in [2.05, 4.69) is 15.6 Å². The van der Waals surface area contributed by atoms with Crippen LogP contribution >= 0.6 is 11.6 Å². The number of amides is 1. The molecular formula is C17H21ClN4O3. The van der Waals surface area contributed by atoms with Crippen LogP contribution in [0.3, 0.4) is 0 Å². The summed E-state index contributed by atoms with van der Waals surface area (Å²) < 4.78 is 13.2. The number of rotatable bonds is 6. The van der Waals surface area contributed by atoms with Crippen molar-refractivity contribution in [3.63, 3.8) is 0 Å². The predicted molar refractivity (Wildman–Crippen MR) is 94.7 cm³/mol. The van der Waals surface area contributed by atoms with Gasteiger partial charge in [-0.3, -0.25) is 4.79 Å². The largest absolute Gasteiger partial charge is 0.347 e. The van der Waals surface area contributed by atoms with Gasteiger partial charge in [-0.1, -0.05) is 18.5 Å². The Morgan fingerprint density at radius 3 is 2.72 bits per heavy atom. The molecule has 3 rings (SSSR count). The molecule has 25 heavy (non-hydrogen) atoms. The summed E-state index contributed by atoms with van der Waals surface area (Å²) in [5.41, 5.74) is 5.61. The van der Waals surface area contributed by atoms with E-state index in [0.29, 0.717) is 30.4 Å². The Kier molecular flexibility index (Phi) is 5.36. The Balaban J connectivity index is 2.19. The van der Waals surface area contributed by atoms with Crippen molar-refractivity contribution >= 4 is 28.7 Å². The van der Waals surface area contributed by atoms with Gasteiger partial charge in [0.15, 0.2) is 0 Å². The number of carbonyl (C=O) groups excluding carboxylic acids is 1. The van der Waals surface area contributed by atoms with Crippen LogP contribution in [-0.4, -0.2) is 34.4 Å². The van der Waals surface area contributed by atoms with E-state index in [1.165, 1.54) is 0 Å². The molecular weight excluding hydrogens is 344 g/mol. The summed E-state index contributed by atoms with van der Waals surface area (Å²) in [5.74, 6) is -0.136. The molecule has 1 N–H and O–H groups in total. The van der Waals surface area contributed by atoms with Gasteiger partial charge in [-0.05, 0) is 26.0 Å². The molecule has 1 aliphatic heterocycles. The van der Waals surface area contributed by atoms with E-state index < -0.39 is 6.29 Å². The zero-order chi connectivity index (χ0) is 18.0. The quantitative estimate of drug-likeness (QED) is 0.799. The molecule has 0 aromatic carbocycles. The van der Waals surface area contributed by atoms with Crippen molar-refractivity contribution < 1.29 is 14.3 Å². The van der Waals surface area contributed by atoms with Crippen LogP contribution in [-0.2, 0) is 14.3 Å². The summed E-state index contributed by atoms with van der Waals surface area (Å²) in [6, 6.07) is 3.68. The van der Waals surface area contributed by atoms with Gasteiger partial charge >= 0.3 is 0 Å². The normalized spacial score (nSPS) is 17.9. The Labute approximate surface area is 150 Å². The number of fused-ring (bicyclic) bond motifs is 1. The van der Waals surface area contributed by atoms with Crippen molar-refractivity contribution in [3.8, 4) is 0 Å². The van der Waals surface area contributed by atoms with E-state index in [4.69, 9.17) is 21.1 Å². The van der Waals surface area contributed by atoms with Crippen LogP contribution in [0.5, 0.6) is 0 Å². The molecule has 1 atom stereocenters. The van der Waals surface area contributed by atoms with Gasteiger partial charge in [0, 0.05) is 31.7 Å². The fourth-order valence-electron chi connectivity index (χ4n) is 2.93. The Bertz CT molecular complexity index is 812. The second-order valence-electron chi connectivity index (χ2n) is 5.82. The number of carbonyl (C=O) groups is 1. The van der Waals surface area contributed by atoms with Gasteiger partial charge in [0.05, 0.1) is 21.8 Å². The highest BCUT2D eigenvalue weighted by molar-refractivity contribution is 6.30. The van der Waals surface area contributed by atoms with Crippen LogP contribution in [0.25, 0.3) is 5.52 Å². The maximum atomic E-state index is 11.6. The highest BCUT2D eigenvalue weighted by Crippen LogP contribution is 2.30. The second kappa shape index (κ2) is 7.51.